The molecular formula is C18H23IN6S. The minimum atomic E-state index is 0. The number of aromatic nitrogens is 3. The Hall–Kier alpha value is -1.94. The van der Waals surface area contributed by atoms with Crippen molar-refractivity contribution in [1.82, 2.24) is 25.4 Å². The van der Waals surface area contributed by atoms with Crippen LogP contribution in [0.25, 0.3) is 5.82 Å². The van der Waals surface area contributed by atoms with E-state index in [0.29, 0.717) is 6.54 Å². The molecule has 0 spiro atoms. The van der Waals surface area contributed by atoms with Gasteiger partial charge in [0, 0.05) is 34.9 Å². The number of aliphatic imine (C=N–C) groups is 1. The first kappa shape index (κ1) is 20.4. The highest BCUT2D eigenvalue weighted by atomic mass is 127. The predicted molar refractivity (Wildman–Crippen MR) is 117 cm³/mol. The standard InChI is InChI=1S/C18H22N6S.HI/c1-3-19-18(22-13-16-6-5-14(2)25-16)21-12-15-7-9-20-17(11-15)24-10-4-8-23-24;/h4-11H,3,12-13H2,1-2H3,(H2,19,21,22);1H. The summed E-state index contributed by atoms with van der Waals surface area (Å²) in [5, 5.41) is 10.9. The van der Waals surface area contributed by atoms with E-state index in [4.69, 9.17) is 0 Å². The van der Waals surface area contributed by atoms with Crippen LogP contribution in [0.4, 0.5) is 0 Å². The van der Waals surface area contributed by atoms with Crippen molar-refractivity contribution in [2.75, 3.05) is 6.54 Å². The molecule has 0 atom stereocenters. The highest BCUT2D eigenvalue weighted by Crippen LogP contribution is 2.14. The first-order chi connectivity index (χ1) is 12.2. The molecule has 6 nitrogen and oxygen atoms in total. The third kappa shape index (κ3) is 5.80. The molecule has 26 heavy (non-hydrogen) atoms. The van der Waals surface area contributed by atoms with Gasteiger partial charge in [-0.1, -0.05) is 0 Å². The van der Waals surface area contributed by atoms with E-state index in [9.17, 15) is 0 Å². The van der Waals surface area contributed by atoms with Crippen LogP contribution in [0.2, 0.25) is 0 Å². The van der Waals surface area contributed by atoms with Gasteiger partial charge in [-0.2, -0.15) is 5.10 Å². The predicted octanol–water partition coefficient (Wildman–Crippen LogP) is 3.51. The molecule has 2 N–H and O–H groups in total. The van der Waals surface area contributed by atoms with Gasteiger partial charge in [-0.3, -0.25) is 0 Å². The number of aryl methyl sites for hydroxylation is 1. The van der Waals surface area contributed by atoms with E-state index in [2.05, 4.69) is 51.7 Å². The summed E-state index contributed by atoms with van der Waals surface area (Å²) in [7, 11) is 0. The van der Waals surface area contributed by atoms with Gasteiger partial charge >= 0.3 is 0 Å². The van der Waals surface area contributed by atoms with Gasteiger partial charge < -0.3 is 10.6 Å². The normalized spacial score (nSPS) is 11.1. The van der Waals surface area contributed by atoms with E-state index in [1.54, 1.807) is 28.4 Å². The molecule has 0 amide bonds. The SMILES string of the molecule is CCNC(=NCc1ccnc(-n2cccn2)c1)NCc1ccc(C)s1.I. The number of nitrogens with zero attached hydrogens (tertiary/aromatic N) is 4. The average molecular weight is 482 g/mol. The zero-order valence-electron chi connectivity index (χ0n) is 14.8. The lowest BCUT2D eigenvalue weighted by Gasteiger charge is -2.10. The van der Waals surface area contributed by atoms with Crippen LogP contribution in [0.5, 0.6) is 0 Å². The first-order valence-electron chi connectivity index (χ1n) is 8.27. The highest BCUT2D eigenvalue weighted by molar-refractivity contribution is 14.0. The van der Waals surface area contributed by atoms with Gasteiger partial charge in [-0.05, 0) is 49.7 Å². The molecule has 0 saturated heterocycles. The number of guanidine groups is 1. The molecule has 0 aliphatic carbocycles. The Kier molecular flexibility index (Phi) is 8.05. The first-order valence-corrected chi connectivity index (χ1v) is 9.08. The molecule has 0 saturated carbocycles. The summed E-state index contributed by atoms with van der Waals surface area (Å²) in [4.78, 5) is 11.6. The molecule has 0 bridgehead atoms. The maximum Gasteiger partial charge on any atom is 0.191 e. The quantitative estimate of drug-likeness (QED) is 0.321. The van der Waals surface area contributed by atoms with Crippen LogP contribution < -0.4 is 10.6 Å². The van der Waals surface area contributed by atoms with Gasteiger partial charge in [-0.15, -0.1) is 35.3 Å². The Labute approximate surface area is 174 Å². The van der Waals surface area contributed by atoms with Crippen LogP contribution in [0.15, 0.2) is 53.9 Å². The van der Waals surface area contributed by atoms with E-state index in [0.717, 1.165) is 30.4 Å². The molecule has 0 aliphatic heterocycles. The van der Waals surface area contributed by atoms with E-state index in [-0.39, 0.29) is 24.0 Å². The zero-order valence-corrected chi connectivity index (χ0v) is 18.0. The smallest absolute Gasteiger partial charge is 0.191 e. The molecule has 0 unspecified atom stereocenters. The van der Waals surface area contributed by atoms with Crippen LogP contribution in [0.1, 0.15) is 22.2 Å². The fourth-order valence-electron chi connectivity index (χ4n) is 2.35. The number of thiophene rings is 1. The van der Waals surface area contributed by atoms with Gasteiger partial charge in [0.05, 0.1) is 13.1 Å². The summed E-state index contributed by atoms with van der Waals surface area (Å²) >= 11 is 1.80. The number of pyridine rings is 1. The molecule has 3 rings (SSSR count). The summed E-state index contributed by atoms with van der Waals surface area (Å²) < 4.78 is 1.75. The minimum Gasteiger partial charge on any atom is -0.357 e. The maximum absolute atomic E-state index is 4.67. The lowest BCUT2D eigenvalue weighted by atomic mass is 10.2. The van der Waals surface area contributed by atoms with Crippen molar-refractivity contribution in [3.05, 3.63) is 64.2 Å². The minimum absolute atomic E-state index is 0. The van der Waals surface area contributed by atoms with Crippen molar-refractivity contribution in [2.24, 2.45) is 4.99 Å². The summed E-state index contributed by atoms with van der Waals surface area (Å²) in [5.74, 6) is 1.61. The summed E-state index contributed by atoms with van der Waals surface area (Å²) in [5.41, 5.74) is 1.09. The van der Waals surface area contributed by atoms with E-state index in [1.807, 2.05) is 24.4 Å². The van der Waals surface area contributed by atoms with Gasteiger partial charge in [-0.25, -0.2) is 14.7 Å². The van der Waals surface area contributed by atoms with Crippen molar-refractivity contribution in [2.45, 2.75) is 26.9 Å². The van der Waals surface area contributed by atoms with Crippen LogP contribution >= 0.6 is 35.3 Å². The van der Waals surface area contributed by atoms with Crippen molar-refractivity contribution in [3.8, 4) is 5.82 Å². The molecule has 0 aromatic carbocycles. The lowest BCUT2D eigenvalue weighted by molar-refractivity contribution is 0.819. The molecule has 3 heterocycles. The van der Waals surface area contributed by atoms with E-state index < -0.39 is 0 Å². The Balaban J connectivity index is 0.00000243. The summed E-state index contributed by atoms with van der Waals surface area (Å²) in [6.07, 6.45) is 5.41. The van der Waals surface area contributed by atoms with E-state index in [1.165, 1.54) is 9.75 Å². The molecule has 3 aromatic rings. The second-order valence-corrected chi connectivity index (χ2v) is 6.91. The number of hydrogen-bond donors (Lipinski definition) is 2. The van der Waals surface area contributed by atoms with Crippen molar-refractivity contribution in [1.29, 1.82) is 0 Å². The molecule has 0 radical (unpaired) electrons. The topological polar surface area (TPSA) is 67.1 Å². The third-order valence-corrected chi connectivity index (χ3v) is 4.54. The maximum atomic E-state index is 4.67. The number of rotatable bonds is 6. The molecule has 0 fully saturated rings. The van der Waals surface area contributed by atoms with Gasteiger partial charge in [0.2, 0.25) is 0 Å². The third-order valence-electron chi connectivity index (χ3n) is 3.54. The second-order valence-electron chi connectivity index (χ2n) is 5.53. The molecular weight excluding hydrogens is 459 g/mol. The van der Waals surface area contributed by atoms with E-state index >= 15 is 0 Å². The molecule has 8 heteroatoms. The summed E-state index contributed by atoms with van der Waals surface area (Å²) in [6, 6.07) is 10.1. The fourth-order valence-corrected chi connectivity index (χ4v) is 3.18. The second kappa shape index (κ2) is 10.3. The van der Waals surface area contributed by atoms with Crippen LogP contribution in [0.3, 0.4) is 0 Å². The van der Waals surface area contributed by atoms with Crippen molar-refractivity contribution < 1.29 is 0 Å². The Morgan fingerprint density at radius 3 is 2.81 bits per heavy atom. The van der Waals surface area contributed by atoms with Crippen molar-refractivity contribution in [3.63, 3.8) is 0 Å². The Morgan fingerprint density at radius 1 is 1.23 bits per heavy atom. The van der Waals surface area contributed by atoms with Crippen LogP contribution in [-0.4, -0.2) is 27.3 Å². The molecule has 0 aliphatic rings. The molecule has 138 valence electrons. The van der Waals surface area contributed by atoms with Gasteiger partial charge in [0.1, 0.15) is 0 Å². The number of halogens is 1. The Morgan fingerprint density at radius 2 is 2.12 bits per heavy atom. The van der Waals surface area contributed by atoms with Gasteiger partial charge in [0.15, 0.2) is 11.8 Å². The molecule has 3 aromatic heterocycles. The zero-order chi connectivity index (χ0) is 17.5. The average Bonchev–Trinajstić information content (AvgIpc) is 3.29. The monoisotopic (exact) mass is 482 g/mol. The Bertz CT molecular complexity index is 828. The van der Waals surface area contributed by atoms with Gasteiger partial charge in [0.25, 0.3) is 0 Å². The number of nitrogens with one attached hydrogen (secondary N) is 2. The largest absolute Gasteiger partial charge is 0.357 e. The fraction of sp³-hybridized carbons (Fsp3) is 0.278. The lowest BCUT2D eigenvalue weighted by Crippen LogP contribution is -2.36. The highest BCUT2D eigenvalue weighted by Gasteiger charge is 2.02. The van der Waals surface area contributed by atoms with Crippen molar-refractivity contribution >= 4 is 41.3 Å². The number of hydrogen-bond acceptors (Lipinski definition) is 4. The van der Waals surface area contributed by atoms with Crippen LogP contribution in [0, 0.1) is 6.92 Å². The summed E-state index contributed by atoms with van der Waals surface area (Å²) in [6.45, 7) is 6.36. The van der Waals surface area contributed by atoms with Crippen LogP contribution in [-0.2, 0) is 13.1 Å².